The van der Waals surface area contributed by atoms with E-state index in [1.165, 1.54) is 0 Å². The summed E-state index contributed by atoms with van der Waals surface area (Å²) in [7, 11) is 0. The van der Waals surface area contributed by atoms with E-state index in [1.807, 2.05) is 36.5 Å². The van der Waals surface area contributed by atoms with Gasteiger partial charge in [-0.25, -0.2) is 5.06 Å². The van der Waals surface area contributed by atoms with Gasteiger partial charge >= 0.3 is 0 Å². The molecular formula is C9H8BrNO. The van der Waals surface area contributed by atoms with Crippen molar-refractivity contribution >= 4 is 21.6 Å². The number of anilines is 1. The molecule has 1 aliphatic rings. The average Bonchev–Trinajstić information content (AvgIpc) is 2.56. The maximum atomic E-state index is 5.30. The standard InChI is InChI=1S/C9H8BrNO/c10-8-3-1-4-9(7-8)11-5-2-6-12-11/h1-5,7H,6H2. The normalized spacial score (nSPS) is 15.6. The van der Waals surface area contributed by atoms with Crippen LogP contribution in [0.25, 0.3) is 0 Å². The Kier molecular flexibility index (Phi) is 2.15. The molecule has 0 saturated carbocycles. The number of benzene rings is 1. The molecule has 2 nitrogen and oxygen atoms in total. The van der Waals surface area contributed by atoms with E-state index in [9.17, 15) is 0 Å². The van der Waals surface area contributed by atoms with Crippen molar-refractivity contribution < 1.29 is 4.84 Å². The quantitative estimate of drug-likeness (QED) is 0.729. The fourth-order valence-electron chi connectivity index (χ4n) is 1.08. The Hall–Kier alpha value is -0.800. The van der Waals surface area contributed by atoms with Crippen LogP contribution in [0.5, 0.6) is 0 Å². The molecule has 0 radical (unpaired) electrons. The lowest BCUT2D eigenvalue weighted by molar-refractivity contribution is 0.180. The molecule has 1 aliphatic heterocycles. The second kappa shape index (κ2) is 3.29. The third-order valence-corrected chi connectivity index (χ3v) is 2.11. The minimum Gasteiger partial charge on any atom is -0.265 e. The molecule has 0 aromatic heterocycles. The van der Waals surface area contributed by atoms with Gasteiger partial charge in [0.05, 0.1) is 12.3 Å². The van der Waals surface area contributed by atoms with Gasteiger partial charge in [-0.05, 0) is 24.3 Å². The second-order valence-corrected chi connectivity index (χ2v) is 3.40. The van der Waals surface area contributed by atoms with Crippen molar-refractivity contribution in [2.24, 2.45) is 0 Å². The van der Waals surface area contributed by atoms with Gasteiger partial charge in [-0.1, -0.05) is 22.0 Å². The van der Waals surface area contributed by atoms with Gasteiger partial charge in [0.25, 0.3) is 0 Å². The Balaban J connectivity index is 2.27. The molecule has 0 atom stereocenters. The Morgan fingerprint density at radius 1 is 1.42 bits per heavy atom. The second-order valence-electron chi connectivity index (χ2n) is 2.49. The minimum atomic E-state index is 0.659. The van der Waals surface area contributed by atoms with Crippen molar-refractivity contribution in [3.63, 3.8) is 0 Å². The highest BCUT2D eigenvalue weighted by Gasteiger charge is 2.06. The summed E-state index contributed by atoms with van der Waals surface area (Å²) in [5.74, 6) is 0. The summed E-state index contributed by atoms with van der Waals surface area (Å²) in [5, 5.41) is 1.75. The number of hydrogen-bond donors (Lipinski definition) is 0. The molecular weight excluding hydrogens is 218 g/mol. The van der Waals surface area contributed by atoms with E-state index in [4.69, 9.17) is 4.84 Å². The molecule has 2 rings (SSSR count). The summed E-state index contributed by atoms with van der Waals surface area (Å²) < 4.78 is 1.06. The van der Waals surface area contributed by atoms with E-state index < -0.39 is 0 Å². The fraction of sp³-hybridized carbons (Fsp3) is 0.111. The number of halogens is 1. The lowest BCUT2D eigenvalue weighted by atomic mass is 10.3. The average molecular weight is 226 g/mol. The Morgan fingerprint density at radius 3 is 3.00 bits per heavy atom. The highest BCUT2D eigenvalue weighted by atomic mass is 79.9. The molecule has 0 amide bonds. The zero-order chi connectivity index (χ0) is 8.39. The number of hydroxylamine groups is 1. The van der Waals surface area contributed by atoms with Crippen LogP contribution in [0.2, 0.25) is 0 Å². The molecule has 1 aromatic rings. The number of nitrogens with zero attached hydrogens (tertiary/aromatic N) is 1. The van der Waals surface area contributed by atoms with Gasteiger partial charge in [-0.3, -0.25) is 4.84 Å². The molecule has 1 heterocycles. The van der Waals surface area contributed by atoms with E-state index in [-0.39, 0.29) is 0 Å². The van der Waals surface area contributed by atoms with Crippen LogP contribution in [-0.2, 0) is 4.84 Å². The highest BCUT2D eigenvalue weighted by molar-refractivity contribution is 9.10. The zero-order valence-corrected chi connectivity index (χ0v) is 7.99. The molecule has 0 aliphatic carbocycles. The van der Waals surface area contributed by atoms with Crippen LogP contribution >= 0.6 is 15.9 Å². The van der Waals surface area contributed by atoms with Crippen LogP contribution in [0.1, 0.15) is 0 Å². The topological polar surface area (TPSA) is 12.5 Å². The van der Waals surface area contributed by atoms with Crippen LogP contribution in [0.4, 0.5) is 5.69 Å². The lowest BCUT2D eigenvalue weighted by Crippen LogP contribution is -2.10. The Bertz CT molecular complexity index is 311. The van der Waals surface area contributed by atoms with Gasteiger partial charge in [0, 0.05) is 10.7 Å². The van der Waals surface area contributed by atoms with E-state index in [2.05, 4.69) is 15.9 Å². The summed E-state index contributed by atoms with van der Waals surface area (Å²) in [6, 6.07) is 7.98. The number of rotatable bonds is 1. The van der Waals surface area contributed by atoms with E-state index in [1.54, 1.807) is 5.06 Å². The predicted molar refractivity (Wildman–Crippen MR) is 51.7 cm³/mol. The summed E-state index contributed by atoms with van der Waals surface area (Å²) in [6.07, 6.45) is 3.89. The van der Waals surface area contributed by atoms with Gasteiger partial charge in [0.1, 0.15) is 0 Å². The van der Waals surface area contributed by atoms with Crippen LogP contribution in [0.15, 0.2) is 41.0 Å². The molecule has 0 bridgehead atoms. The number of hydrogen-bond acceptors (Lipinski definition) is 2. The van der Waals surface area contributed by atoms with Crippen molar-refractivity contribution in [3.05, 3.63) is 41.0 Å². The third-order valence-electron chi connectivity index (χ3n) is 1.61. The van der Waals surface area contributed by atoms with Gasteiger partial charge in [0.15, 0.2) is 0 Å². The lowest BCUT2D eigenvalue weighted by Gasteiger charge is -2.13. The van der Waals surface area contributed by atoms with Crippen LogP contribution in [0.3, 0.4) is 0 Å². The fourth-order valence-corrected chi connectivity index (χ4v) is 1.47. The monoisotopic (exact) mass is 225 g/mol. The minimum absolute atomic E-state index is 0.659. The van der Waals surface area contributed by atoms with Crippen molar-refractivity contribution in [2.45, 2.75) is 0 Å². The largest absolute Gasteiger partial charge is 0.265 e. The Labute approximate surface area is 79.5 Å². The maximum absolute atomic E-state index is 5.30. The first kappa shape index (κ1) is 7.83. The van der Waals surface area contributed by atoms with Crippen LogP contribution in [-0.4, -0.2) is 6.61 Å². The molecule has 0 spiro atoms. The summed E-state index contributed by atoms with van der Waals surface area (Å²) in [6.45, 7) is 0.659. The molecule has 0 fully saturated rings. The first-order chi connectivity index (χ1) is 5.86. The first-order valence-corrected chi connectivity index (χ1v) is 4.50. The summed E-state index contributed by atoms with van der Waals surface area (Å²) in [5.41, 5.74) is 1.04. The molecule has 0 saturated heterocycles. The molecule has 62 valence electrons. The first-order valence-electron chi connectivity index (χ1n) is 3.70. The van der Waals surface area contributed by atoms with Crippen molar-refractivity contribution in [3.8, 4) is 0 Å². The van der Waals surface area contributed by atoms with Gasteiger partial charge in [-0.15, -0.1) is 0 Å². The molecule has 1 aromatic carbocycles. The van der Waals surface area contributed by atoms with E-state index in [0.717, 1.165) is 10.2 Å². The Morgan fingerprint density at radius 2 is 2.33 bits per heavy atom. The molecule has 0 N–H and O–H groups in total. The molecule has 0 unspecified atom stereocenters. The molecule has 3 heteroatoms. The third kappa shape index (κ3) is 1.52. The van der Waals surface area contributed by atoms with Crippen molar-refractivity contribution in [1.82, 2.24) is 0 Å². The van der Waals surface area contributed by atoms with Crippen molar-refractivity contribution in [1.29, 1.82) is 0 Å². The van der Waals surface area contributed by atoms with E-state index >= 15 is 0 Å². The highest BCUT2D eigenvalue weighted by Crippen LogP contribution is 2.21. The van der Waals surface area contributed by atoms with Gasteiger partial charge < -0.3 is 0 Å². The SMILES string of the molecule is Brc1cccc(N2C=CCO2)c1. The van der Waals surface area contributed by atoms with Crippen LogP contribution in [0, 0.1) is 0 Å². The smallest absolute Gasteiger partial charge is 0.0952 e. The zero-order valence-electron chi connectivity index (χ0n) is 6.40. The van der Waals surface area contributed by atoms with Crippen LogP contribution < -0.4 is 5.06 Å². The van der Waals surface area contributed by atoms with E-state index in [0.29, 0.717) is 6.61 Å². The van der Waals surface area contributed by atoms with Crippen molar-refractivity contribution in [2.75, 3.05) is 11.7 Å². The maximum Gasteiger partial charge on any atom is 0.0952 e. The van der Waals surface area contributed by atoms with Gasteiger partial charge in [0.2, 0.25) is 0 Å². The molecule has 12 heavy (non-hydrogen) atoms. The van der Waals surface area contributed by atoms with Gasteiger partial charge in [-0.2, -0.15) is 0 Å². The summed E-state index contributed by atoms with van der Waals surface area (Å²) >= 11 is 3.40. The summed E-state index contributed by atoms with van der Waals surface area (Å²) in [4.78, 5) is 5.30. The predicted octanol–water partition coefficient (Wildman–Crippen LogP) is 2.71.